The Bertz CT molecular complexity index is 1910. The molecule has 0 amide bonds. The number of terminal acetylenes is 1. The van der Waals surface area contributed by atoms with E-state index in [0.29, 0.717) is 6.42 Å². The lowest BCUT2D eigenvalue weighted by Crippen LogP contribution is -2.44. The lowest BCUT2D eigenvalue weighted by atomic mass is 9.99. The fourth-order valence-corrected chi connectivity index (χ4v) is 8.19. The maximum atomic E-state index is 14.7. The number of carbonyl (C=O) groups excluding carboxylic acids is 1. The Balaban J connectivity index is 1.24. The van der Waals surface area contributed by atoms with Gasteiger partial charge in [0.2, 0.25) is 0 Å². The maximum Gasteiger partial charge on any atom is 0.459 e. The largest absolute Gasteiger partial charge is 0.465 e. The molecule has 4 aromatic rings. The van der Waals surface area contributed by atoms with E-state index in [0.717, 1.165) is 24.8 Å². The molecule has 13 nitrogen and oxygen atoms in total. The number of esters is 1. The van der Waals surface area contributed by atoms with Crippen LogP contribution in [0.15, 0.2) is 67.0 Å². The van der Waals surface area contributed by atoms with Crippen molar-refractivity contribution in [2.45, 2.75) is 121 Å². The summed E-state index contributed by atoms with van der Waals surface area (Å²) >= 11 is 0. The van der Waals surface area contributed by atoms with E-state index >= 15 is 0 Å². The number of para-hydroxylation sites is 1. The van der Waals surface area contributed by atoms with Crippen LogP contribution in [0.1, 0.15) is 102 Å². The number of halogens is 1. The number of nitrogens with two attached hydrogens (primary N) is 1. The van der Waals surface area contributed by atoms with Gasteiger partial charge in [-0.3, -0.25) is 13.9 Å². The summed E-state index contributed by atoms with van der Waals surface area (Å²) in [6.45, 7) is 1.82. The highest BCUT2D eigenvalue weighted by Crippen LogP contribution is 2.48. The van der Waals surface area contributed by atoms with Crippen molar-refractivity contribution in [3.05, 3.63) is 78.6 Å². The lowest BCUT2D eigenvalue weighted by Gasteiger charge is -2.30. The number of imidazole rings is 1. The number of fused-ring (bicyclic) bond motifs is 1. The molecule has 4 N–H and O–H groups in total. The third kappa shape index (κ3) is 12.1. The fourth-order valence-electron chi connectivity index (χ4n) is 6.67. The first-order valence-corrected chi connectivity index (χ1v) is 21.2. The molecule has 1 fully saturated rings. The summed E-state index contributed by atoms with van der Waals surface area (Å²) in [5.41, 5.74) is 4.93. The predicted molar refractivity (Wildman–Crippen MR) is 212 cm³/mol. The minimum absolute atomic E-state index is 0.0338. The molecule has 1 aliphatic heterocycles. The summed E-state index contributed by atoms with van der Waals surface area (Å²) in [6, 6.07) is 16.4. The number of aliphatic hydroxyl groups is 1. The third-order valence-corrected chi connectivity index (χ3v) is 11.4. The van der Waals surface area contributed by atoms with Crippen LogP contribution in [0.4, 0.5) is 10.2 Å². The highest BCUT2D eigenvalue weighted by molar-refractivity contribution is 7.52. The highest BCUT2D eigenvalue weighted by atomic mass is 31.2. The van der Waals surface area contributed by atoms with E-state index in [2.05, 4.69) is 32.9 Å². The van der Waals surface area contributed by atoms with E-state index in [9.17, 15) is 18.9 Å². The van der Waals surface area contributed by atoms with E-state index in [-0.39, 0.29) is 42.2 Å². The first kappa shape index (κ1) is 42.8. The van der Waals surface area contributed by atoms with Gasteiger partial charge in [0, 0.05) is 6.42 Å². The van der Waals surface area contributed by atoms with Gasteiger partial charge in [-0.05, 0) is 30.5 Å². The van der Waals surface area contributed by atoms with Crippen LogP contribution >= 0.6 is 7.75 Å². The van der Waals surface area contributed by atoms with Crippen molar-refractivity contribution in [2.75, 3.05) is 18.9 Å². The number of benzene rings is 2. The van der Waals surface area contributed by atoms with E-state index in [4.69, 9.17) is 30.7 Å². The van der Waals surface area contributed by atoms with Crippen molar-refractivity contribution < 1.29 is 37.4 Å². The molecule has 0 spiro atoms. The zero-order valence-corrected chi connectivity index (χ0v) is 33.0. The second-order valence-corrected chi connectivity index (χ2v) is 15.9. The first-order chi connectivity index (χ1) is 27.1. The summed E-state index contributed by atoms with van der Waals surface area (Å²) < 4.78 is 54.0. The zero-order chi connectivity index (χ0) is 39.8. The average molecular weight is 793 g/mol. The molecule has 302 valence electrons. The quantitative estimate of drug-likeness (QED) is 0.0207. The Morgan fingerprint density at radius 2 is 1.66 bits per heavy atom. The monoisotopic (exact) mass is 792 g/mol. The molecule has 2 aromatic heterocycles. The van der Waals surface area contributed by atoms with Crippen LogP contribution in [0, 0.1) is 18.4 Å². The molecule has 2 aromatic carbocycles. The molecule has 0 unspecified atom stereocenters. The Kier molecular flexibility index (Phi) is 16.2. The van der Waals surface area contributed by atoms with Crippen molar-refractivity contribution in [3.8, 4) is 18.1 Å². The van der Waals surface area contributed by atoms with Gasteiger partial charge >= 0.3 is 19.8 Å². The summed E-state index contributed by atoms with van der Waals surface area (Å²) in [5, 5.41) is 14.1. The average Bonchev–Trinajstić information content (AvgIpc) is 3.77. The van der Waals surface area contributed by atoms with Crippen molar-refractivity contribution >= 4 is 30.7 Å². The molecular formula is C41H54FN6O7P. The number of aliphatic hydroxyl groups excluding tert-OH is 1. The van der Waals surface area contributed by atoms with Gasteiger partial charge in [-0.15, -0.1) is 6.42 Å². The van der Waals surface area contributed by atoms with E-state index in [1.54, 1.807) is 30.3 Å². The number of anilines is 1. The number of nitrogens with one attached hydrogen (secondary N) is 1. The van der Waals surface area contributed by atoms with Gasteiger partial charge in [0.15, 0.2) is 22.6 Å². The van der Waals surface area contributed by atoms with Gasteiger partial charge in [0.1, 0.15) is 30.7 Å². The van der Waals surface area contributed by atoms with Crippen LogP contribution in [0.25, 0.3) is 11.2 Å². The molecule has 3 heterocycles. The van der Waals surface area contributed by atoms with Crippen LogP contribution in [-0.4, -0.2) is 61.6 Å². The van der Waals surface area contributed by atoms with Crippen molar-refractivity contribution in [1.29, 1.82) is 0 Å². The molecule has 56 heavy (non-hydrogen) atoms. The molecule has 1 saturated heterocycles. The minimum Gasteiger partial charge on any atom is -0.465 e. The van der Waals surface area contributed by atoms with Gasteiger partial charge in [0.25, 0.3) is 0 Å². The van der Waals surface area contributed by atoms with Gasteiger partial charge in [-0.2, -0.15) is 19.4 Å². The number of rotatable bonds is 24. The Hall–Kier alpha value is -4.38. The molecule has 0 saturated carbocycles. The number of unbranched alkanes of at least 4 members (excludes halogenated alkanes) is 11. The Morgan fingerprint density at radius 3 is 2.30 bits per heavy atom. The number of hydrogen-bond acceptors (Lipinski definition) is 11. The summed E-state index contributed by atoms with van der Waals surface area (Å²) in [4.78, 5) is 25.1. The normalized spacial score (nSPS) is 19.7. The number of carbonyl (C=O) groups is 1. The van der Waals surface area contributed by atoms with Gasteiger partial charge in [0.05, 0.1) is 12.9 Å². The number of ether oxygens (including phenoxy) is 2. The van der Waals surface area contributed by atoms with Crippen molar-refractivity contribution in [1.82, 2.24) is 24.6 Å². The highest BCUT2D eigenvalue weighted by Gasteiger charge is 2.50. The van der Waals surface area contributed by atoms with Crippen molar-refractivity contribution in [3.63, 3.8) is 0 Å². The Morgan fingerprint density at radius 1 is 1.04 bits per heavy atom. The van der Waals surface area contributed by atoms with E-state index < -0.39 is 50.4 Å². The molecule has 0 bridgehead atoms. The van der Waals surface area contributed by atoms with Gasteiger partial charge < -0.3 is 24.8 Å². The second-order valence-electron chi connectivity index (χ2n) is 14.2. The molecular weight excluding hydrogens is 738 g/mol. The number of hydrogen-bond donors (Lipinski definition) is 3. The predicted octanol–water partition coefficient (Wildman–Crippen LogP) is 7.85. The number of nitrogen functional groups attached to an aromatic ring is 1. The summed E-state index contributed by atoms with van der Waals surface area (Å²) in [6.07, 6.45) is 18.0. The third-order valence-electron chi connectivity index (χ3n) is 9.83. The molecule has 0 radical (unpaired) electrons. The van der Waals surface area contributed by atoms with Crippen molar-refractivity contribution in [2.24, 2.45) is 0 Å². The number of nitrogens with zero attached hydrogens (tertiary/aromatic N) is 4. The molecule has 1 aliphatic rings. The summed E-state index contributed by atoms with van der Waals surface area (Å²) in [5.74, 6) is 1.85. The van der Waals surface area contributed by atoms with Crippen LogP contribution in [0.3, 0.4) is 0 Å². The molecule has 5 atom stereocenters. The van der Waals surface area contributed by atoms with E-state index in [1.165, 1.54) is 62.3 Å². The number of aromatic nitrogens is 4. The van der Waals surface area contributed by atoms with Crippen LogP contribution in [-0.2, 0) is 29.8 Å². The maximum absolute atomic E-state index is 14.7. The molecule has 5 rings (SSSR count). The SMILES string of the molecule is C#C[C@]1(CO[P@](=O)(N[C@@H](Cc2ccccc2)C(=O)OCCCCCCCCCCCCCC)Oc2ccccc2)O[C@@H](n2cnc3c(N)nc(F)nc32)C[C@@H]1O. The van der Waals surface area contributed by atoms with Crippen LogP contribution < -0.4 is 15.3 Å². The Labute approximate surface area is 328 Å². The van der Waals surface area contributed by atoms with Gasteiger partial charge in [-0.25, -0.2) is 9.55 Å². The summed E-state index contributed by atoms with van der Waals surface area (Å²) in [7, 11) is -4.47. The minimum atomic E-state index is -4.47. The van der Waals surface area contributed by atoms with Gasteiger partial charge in [-0.1, -0.05) is 132 Å². The lowest BCUT2D eigenvalue weighted by molar-refractivity contribution is -0.146. The topological polar surface area (TPSA) is 173 Å². The first-order valence-electron chi connectivity index (χ1n) is 19.6. The molecule has 15 heteroatoms. The zero-order valence-electron chi connectivity index (χ0n) is 32.1. The van der Waals surface area contributed by atoms with E-state index in [1.807, 2.05) is 30.3 Å². The molecule has 0 aliphatic carbocycles. The second kappa shape index (κ2) is 21.2. The fraction of sp³-hybridized carbons (Fsp3) is 0.512. The smallest absolute Gasteiger partial charge is 0.459 e. The van der Waals surface area contributed by atoms with Crippen LogP contribution in [0.2, 0.25) is 0 Å². The standard InChI is InChI=1S/C41H54FN6O7P/c1-3-5-6-7-8-9-10-11-12-13-14-21-26-52-39(50)33(27-31-22-17-15-18-23-31)47-56(51,55-32-24-19-16-20-25-32)53-29-41(4-2)34(49)28-35(54-41)48-30-44-36-37(43)45-40(42)46-38(36)48/h2,15-20,22-25,30,33-35,49H,3,5-14,21,26-29H2,1H3,(H,47,51)(H2,43,45,46)/t33-,34-,35+,41+,56+/m0/s1. The van der Waals surface area contributed by atoms with Crippen LogP contribution in [0.5, 0.6) is 5.75 Å².